The normalized spacial score (nSPS) is 14.3. The number of para-hydroxylation sites is 2. The Kier molecular flexibility index (Phi) is 11.9. The summed E-state index contributed by atoms with van der Waals surface area (Å²) in [5, 5.41) is 11.1. The fourth-order valence-electron chi connectivity index (χ4n) is 5.74. The highest BCUT2D eigenvalue weighted by Gasteiger charge is 2.31. The molecule has 4 aromatic rings. The molecule has 11 nitrogen and oxygen atoms in total. The van der Waals surface area contributed by atoms with Crippen LogP contribution in [0.1, 0.15) is 66.6 Å². The van der Waals surface area contributed by atoms with Crippen molar-refractivity contribution in [3.8, 4) is 0 Å². The third-order valence-corrected chi connectivity index (χ3v) is 8.37. The SMILES string of the molecule is O=C(CC[C@H](NC(=O)[C@H](Cc1ccccc1)NC(=O)c1cnc2ccccc2n1)C(=O)C(=O)NCc1ccccc1)NC1CCCCC1. The quantitative estimate of drug-likeness (QED) is 0.152. The van der Waals surface area contributed by atoms with Gasteiger partial charge in [0.1, 0.15) is 11.7 Å². The molecule has 0 radical (unpaired) electrons. The van der Waals surface area contributed by atoms with Crippen molar-refractivity contribution in [2.75, 3.05) is 0 Å². The number of nitrogens with zero attached hydrogens (tertiary/aromatic N) is 2. The van der Waals surface area contributed by atoms with E-state index in [4.69, 9.17) is 0 Å². The average Bonchev–Trinajstić information content (AvgIpc) is 3.12. The van der Waals surface area contributed by atoms with Crippen LogP contribution in [0.25, 0.3) is 11.0 Å². The van der Waals surface area contributed by atoms with E-state index in [2.05, 4.69) is 31.2 Å². The third-order valence-electron chi connectivity index (χ3n) is 8.37. The van der Waals surface area contributed by atoms with Crippen molar-refractivity contribution < 1.29 is 24.0 Å². The highest BCUT2D eigenvalue weighted by molar-refractivity contribution is 6.38. The first-order valence-electron chi connectivity index (χ1n) is 16.4. The summed E-state index contributed by atoms with van der Waals surface area (Å²) in [6.07, 6.45) is 6.30. The van der Waals surface area contributed by atoms with Gasteiger partial charge in [-0.1, -0.05) is 92.1 Å². The lowest BCUT2D eigenvalue weighted by Gasteiger charge is -2.24. The summed E-state index contributed by atoms with van der Waals surface area (Å²) >= 11 is 0. The molecule has 4 N–H and O–H groups in total. The number of Topliss-reactive ketones (excluding diaryl/α,β-unsaturated/α-hetero) is 1. The number of hydrogen-bond acceptors (Lipinski definition) is 7. The van der Waals surface area contributed by atoms with E-state index in [-0.39, 0.29) is 43.5 Å². The van der Waals surface area contributed by atoms with E-state index in [0.29, 0.717) is 11.0 Å². The Hall–Kier alpha value is -5.45. The van der Waals surface area contributed by atoms with Crippen LogP contribution in [0.4, 0.5) is 0 Å². The van der Waals surface area contributed by atoms with Crippen molar-refractivity contribution in [2.45, 2.75) is 76.0 Å². The van der Waals surface area contributed by atoms with E-state index in [9.17, 15) is 24.0 Å². The molecule has 0 spiro atoms. The minimum absolute atomic E-state index is 0.0202. The number of hydrogen-bond donors (Lipinski definition) is 4. The van der Waals surface area contributed by atoms with E-state index in [1.807, 2.05) is 66.7 Å². The largest absolute Gasteiger partial charge is 0.353 e. The van der Waals surface area contributed by atoms with Crippen molar-refractivity contribution in [2.24, 2.45) is 0 Å². The van der Waals surface area contributed by atoms with Gasteiger partial charge in [-0.2, -0.15) is 0 Å². The summed E-state index contributed by atoms with van der Waals surface area (Å²) in [5.74, 6) is -3.31. The summed E-state index contributed by atoms with van der Waals surface area (Å²) < 4.78 is 0. The molecule has 0 bridgehead atoms. The van der Waals surface area contributed by atoms with E-state index in [1.54, 1.807) is 18.2 Å². The standard InChI is InChI=1S/C37H40N6O5/c44-33(40-27-16-8-3-9-17-27)21-20-30(34(45)37(48)39-23-26-14-6-2-7-15-26)42-35(46)31(22-25-12-4-1-5-13-25)43-36(47)32-24-38-28-18-10-11-19-29(28)41-32/h1-2,4-7,10-15,18-19,24,27,30-31H,3,8-9,16-17,20-23H2,(H,39,48)(H,40,44)(H,42,46)(H,43,47)/t30-,31-/m0/s1. The molecule has 0 unspecified atom stereocenters. The molecule has 48 heavy (non-hydrogen) atoms. The number of carbonyl (C=O) groups excluding carboxylic acids is 5. The smallest absolute Gasteiger partial charge is 0.289 e. The molecule has 1 aromatic heterocycles. The molecule has 248 valence electrons. The minimum atomic E-state index is -1.30. The average molecular weight is 649 g/mol. The van der Waals surface area contributed by atoms with E-state index in [1.165, 1.54) is 6.20 Å². The van der Waals surface area contributed by atoms with Crippen LogP contribution in [0.5, 0.6) is 0 Å². The molecule has 4 amide bonds. The molecule has 1 aliphatic rings. The Morgan fingerprint density at radius 3 is 2.08 bits per heavy atom. The first-order valence-corrected chi connectivity index (χ1v) is 16.4. The number of fused-ring (bicyclic) bond motifs is 1. The Labute approximate surface area is 279 Å². The molecule has 0 aliphatic heterocycles. The van der Waals surface area contributed by atoms with Gasteiger partial charge in [0.15, 0.2) is 0 Å². The Morgan fingerprint density at radius 2 is 1.38 bits per heavy atom. The molecule has 11 heteroatoms. The fourth-order valence-corrected chi connectivity index (χ4v) is 5.74. The third kappa shape index (κ3) is 9.78. The number of ketones is 1. The first-order chi connectivity index (χ1) is 23.4. The van der Waals surface area contributed by atoms with Gasteiger partial charge in [-0.25, -0.2) is 4.98 Å². The lowest BCUT2D eigenvalue weighted by molar-refractivity contribution is -0.140. The van der Waals surface area contributed by atoms with Gasteiger partial charge in [-0.3, -0.25) is 29.0 Å². The topological polar surface area (TPSA) is 159 Å². The highest BCUT2D eigenvalue weighted by atomic mass is 16.2. The molecule has 5 rings (SSSR count). The highest BCUT2D eigenvalue weighted by Crippen LogP contribution is 2.18. The predicted molar refractivity (Wildman–Crippen MR) is 180 cm³/mol. The van der Waals surface area contributed by atoms with Gasteiger partial charge in [-0.05, 0) is 42.5 Å². The van der Waals surface area contributed by atoms with Crippen LogP contribution < -0.4 is 21.3 Å². The zero-order valence-corrected chi connectivity index (χ0v) is 26.7. The molecular formula is C37H40N6O5. The summed E-state index contributed by atoms with van der Waals surface area (Å²) in [4.78, 5) is 75.3. The molecule has 1 heterocycles. The van der Waals surface area contributed by atoms with Crippen molar-refractivity contribution in [3.63, 3.8) is 0 Å². The maximum Gasteiger partial charge on any atom is 0.289 e. The molecule has 0 saturated heterocycles. The van der Waals surface area contributed by atoms with E-state index >= 15 is 0 Å². The van der Waals surface area contributed by atoms with Crippen molar-refractivity contribution >= 4 is 40.4 Å². The molecule has 1 fully saturated rings. The fraction of sp³-hybridized carbons (Fsp3) is 0.324. The maximum atomic E-state index is 13.9. The number of carbonyl (C=O) groups is 5. The second-order valence-corrected chi connectivity index (χ2v) is 12.0. The first kappa shape index (κ1) is 33.9. The predicted octanol–water partition coefficient (Wildman–Crippen LogP) is 3.57. The van der Waals surface area contributed by atoms with Crippen LogP contribution in [0, 0.1) is 0 Å². The van der Waals surface area contributed by atoms with Gasteiger partial charge < -0.3 is 21.3 Å². The van der Waals surface area contributed by atoms with Gasteiger partial charge >= 0.3 is 0 Å². The summed E-state index contributed by atoms with van der Waals surface area (Å²) in [6, 6.07) is 23.0. The second-order valence-electron chi connectivity index (χ2n) is 12.0. The van der Waals surface area contributed by atoms with Crippen LogP contribution in [0.15, 0.2) is 91.1 Å². The lowest BCUT2D eigenvalue weighted by Crippen LogP contribution is -2.54. The Bertz CT molecular complexity index is 1730. The van der Waals surface area contributed by atoms with Gasteiger partial charge in [0, 0.05) is 25.4 Å². The van der Waals surface area contributed by atoms with Crippen LogP contribution in [0.2, 0.25) is 0 Å². The van der Waals surface area contributed by atoms with Crippen LogP contribution in [0.3, 0.4) is 0 Å². The summed E-state index contributed by atoms with van der Waals surface area (Å²) in [5.41, 5.74) is 2.72. The van der Waals surface area contributed by atoms with Crippen LogP contribution in [-0.2, 0) is 32.1 Å². The van der Waals surface area contributed by atoms with Gasteiger partial charge in [0.2, 0.25) is 17.6 Å². The van der Waals surface area contributed by atoms with Crippen molar-refractivity contribution in [1.82, 2.24) is 31.2 Å². The summed E-state index contributed by atoms with van der Waals surface area (Å²) in [6.45, 7) is 0.119. The van der Waals surface area contributed by atoms with E-state index in [0.717, 1.165) is 43.2 Å². The van der Waals surface area contributed by atoms with Crippen LogP contribution in [-0.4, -0.2) is 57.5 Å². The monoisotopic (exact) mass is 648 g/mol. The summed E-state index contributed by atoms with van der Waals surface area (Å²) in [7, 11) is 0. The zero-order chi connectivity index (χ0) is 33.7. The van der Waals surface area contributed by atoms with Gasteiger partial charge in [-0.15, -0.1) is 0 Å². The number of rotatable bonds is 14. The molecular weight excluding hydrogens is 608 g/mol. The maximum absolute atomic E-state index is 13.9. The molecule has 3 aromatic carbocycles. The van der Waals surface area contributed by atoms with Crippen LogP contribution >= 0.6 is 0 Å². The minimum Gasteiger partial charge on any atom is -0.353 e. The van der Waals surface area contributed by atoms with Gasteiger partial charge in [0.25, 0.3) is 11.8 Å². The second kappa shape index (κ2) is 16.9. The van der Waals surface area contributed by atoms with Gasteiger partial charge in [0.05, 0.1) is 23.3 Å². The number of benzene rings is 3. The van der Waals surface area contributed by atoms with E-state index < -0.39 is 35.6 Å². The molecule has 1 aliphatic carbocycles. The number of aromatic nitrogens is 2. The Morgan fingerprint density at radius 1 is 0.729 bits per heavy atom. The molecule has 1 saturated carbocycles. The van der Waals surface area contributed by atoms with Crippen molar-refractivity contribution in [1.29, 1.82) is 0 Å². The lowest BCUT2D eigenvalue weighted by atomic mass is 9.95. The van der Waals surface area contributed by atoms with Crippen molar-refractivity contribution in [3.05, 3.63) is 108 Å². The Balaban J connectivity index is 1.32. The zero-order valence-electron chi connectivity index (χ0n) is 26.7. The number of nitrogens with one attached hydrogen (secondary N) is 4. The molecule has 2 atom stereocenters. The number of amides is 4.